The Hall–Kier alpha value is -6.92. The highest BCUT2D eigenvalue weighted by Gasteiger charge is 2.22. The van der Waals surface area contributed by atoms with Crippen LogP contribution < -0.4 is 26.0 Å². The summed E-state index contributed by atoms with van der Waals surface area (Å²) in [7, 11) is 1.58. The molecule has 2 fully saturated rings. The van der Waals surface area contributed by atoms with Gasteiger partial charge < -0.3 is 45.6 Å². The van der Waals surface area contributed by atoms with Crippen molar-refractivity contribution < 1.29 is 24.1 Å². The number of nitrogens with one attached hydrogen (secondary N) is 5. The summed E-state index contributed by atoms with van der Waals surface area (Å²) in [4.78, 5) is 36.1. The number of para-hydroxylation sites is 1. The van der Waals surface area contributed by atoms with Gasteiger partial charge in [-0.05, 0) is 92.0 Å². The summed E-state index contributed by atoms with van der Waals surface area (Å²) in [6.07, 6.45) is 1.88. The van der Waals surface area contributed by atoms with Crippen molar-refractivity contribution in [2.24, 2.45) is 10.2 Å². The third kappa shape index (κ3) is 10.1. The number of aromatic hydroxyl groups is 1. The van der Waals surface area contributed by atoms with Gasteiger partial charge in [0.15, 0.2) is 5.75 Å². The lowest BCUT2D eigenvalue weighted by atomic mass is 10.00. The van der Waals surface area contributed by atoms with E-state index in [1.165, 1.54) is 0 Å². The van der Waals surface area contributed by atoms with Crippen LogP contribution in [0.25, 0.3) is 32.6 Å². The van der Waals surface area contributed by atoms with E-state index in [0.717, 1.165) is 106 Å². The molecule has 330 valence electrons. The molecule has 0 bridgehead atoms. The summed E-state index contributed by atoms with van der Waals surface area (Å²) >= 11 is 0. The van der Waals surface area contributed by atoms with Crippen LogP contribution in [0.2, 0.25) is 0 Å². The average Bonchev–Trinajstić information content (AvgIpc) is 3.72. The zero-order chi connectivity index (χ0) is 43.7. The van der Waals surface area contributed by atoms with E-state index in [0.29, 0.717) is 58.8 Å². The number of carbonyl (C=O) groups is 1. The molecule has 1 amide bonds. The molecule has 7 aromatic rings. The lowest BCUT2D eigenvalue weighted by Crippen LogP contribution is -2.37. The first-order valence-corrected chi connectivity index (χ1v) is 21.7. The summed E-state index contributed by atoms with van der Waals surface area (Å²) < 4.78 is 16.2. The average molecular weight is 865 g/mol. The molecule has 0 unspecified atom stereocenters. The number of methoxy groups -OCH3 is 1. The number of amides is 1. The van der Waals surface area contributed by atoms with Crippen LogP contribution in [0.3, 0.4) is 0 Å². The normalized spacial score (nSPS) is 15.0. The maximum absolute atomic E-state index is 13.7. The number of H-pyrrole nitrogens is 1. The summed E-state index contributed by atoms with van der Waals surface area (Å²) in [5.41, 5.74) is 3.73. The number of anilines is 5. The fourth-order valence-electron chi connectivity index (χ4n) is 8.02. The van der Waals surface area contributed by atoms with Gasteiger partial charge in [-0.15, -0.1) is 5.11 Å². The third-order valence-electron chi connectivity index (χ3n) is 11.4. The number of azo groups is 1. The molecule has 0 saturated carbocycles. The molecular weight excluding hydrogens is 813 g/mol. The van der Waals surface area contributed by atoms with E-state index in [-0.39, 0.29) is 17.0 Å². The predicted molar refractivity (Wildman–Crippen MR) is 250 cm³/mol. The van der Waals surface area contributed by atoms with Crippen molar-refractivity contribution in [3.05, 3.63) is 96.6 Å². The molecule has 0 radical (unpaired) electrons. The molecule has 17 nitrogen and oxygen atoms in total. The van der Waals surface area contributed by atoms with Gasteiger partial charge in [0.1, 0.15) is 11.4 Å². The molecule has 0 spiro atoms. The lowest BCUT2D eigenvalue weighted by Gasteiger charge is -2.26. The number of aromatic nitrogens is 4. The highest BCUT2D eigenvalue weighted by atomic mass is 16.5. The number of rotatable bonds is 17. The van der Waals surface area contributed by atoms with Crippen molar-refractivity contribution >= 4 is 79.1 Å². The van der Waals surface area contributed by atoms with Gasteiger partial charge in [-0.3, -0.25) is 14.6 Å². The Kier molecular flexibility index (Phi) is 13.3. The van der Waals surface area contributed by atoms with Gasteiger partial charge in [0.2, 0.25) is 17.8 Å². The van der Waals surface area contributed by atoms with E-state index in [1.807, 2.05) is 48.5 Å². The molecule has 2 aliphatic heterocycles. The molecule has 4 heterocycles. The van der Waals surface area contributed by atoms with E-state index in [9.17, 15) is 9.90 Å². The molecular formula is C47H52N12O5. The largest absolute Gasteiger partial charge is 0.505 e. The van der Waals surface area contributed by atoms with Crippen molar-refractivity contribution in [2.75, 3.05) is 107 Å². The van der Waals surface area contributed by atoms with Gasteiger partial charge in [-0.2, -0.15) is 20.1 Å². The minimum atomic E-state index is -0.496. The molecule has 2 aromatic heterocycles. The van der Waals surface area contributed by atoms with Crippen molar-refractivity contribution in [3.63, 3.8) is 0 Å². The quantitative estimate of drug-likeness (QED) is 0.0380. The monoisotopic (exact) mass is 864 g/mol. The predicted octanol–water partition coefficient (Wildman–Crippen LogP) is 8.05. The summed E-state index contributed by atoms with van der Waals surface area (Å²) in [5.74, 6) is 1.22. The first-order chi connectivity index (χ1) is 31.5. The Morgan fingerprint density at radius 3 is 2.03 bits per heavy atom. The Labute approximate surface area is 370 Å². The molecule has 0 aliphatic carbocycles. The minimum absolute atomic E-state index is 0.0570. The highest BCUT2D eigenvalue weighted by molar-refractivity contribution is 6.22. The van der Waals surface area contributed by atoms with Gasteiger partial charge in [0, 0.05) is 72.3 Å². The summed E-state index contributed by atoms with van der Waals surface area (Å²) in [6.45, 7) is 10.3. The number of nitrogens with zero attached hydrogens (tertiary/aromatic N) is 7. The number of phenols is 1. The van der Waals surface area contributed by atoms with E-state index in [1.54, 1.807) is 49.6 Å². The van der Waals surface area contributed by atoms with Gasteiger partial charge >= 0.3 is 0 Å². The first-order valence-electron chi connectivity index (χ1n) is 21.7. The number of fused-ring (bicyclic) bond motifs is 5. The highest BCUT2D eigenvalue weighted by Crippen LogP contribution is 2.44. The maximum atomic E-state index is 13.7. The smallest absolute Gasteiger partial charge is 0.259 e. The Bertz CT molecular complexity index is 2690. The number of hydrogen-bond acceptors (Lipinski definition) is 15. The van der Waals surface area contributed by atoms with Crippen LogP contribution in [-0.2, 0) is 9.47 Å². The lowest BCUT2D eigenvalue weighted by molar-refractivity contribution is 0.0378. The molecule has 2 aliphatic rings. The van der Waals surface area contributed by atoms with Crippen molar-refractivity contribution in [3.8, 4) is 11.5 Å². The van der Waals surface area contributed by atoms with Crippen molar-refractivity contribution in [2.45, 2.75) is 12.8 Å². The van der Waals surface area contributed by atoms with Crippen LogP contribution in [0.4, 0.5) is 40.6 Å². The number of benzene rings is 5. The number of hydrogen-bond donors (Lipinski definition) is 6. The topological polar surface area (TPSA) is 199 Å². The standard InChI is InChI=1S/C47H52N12O5/c1-62-35-15-13-32(14-16-35)50-44(61)38-30-31-8-17-37-36-6-2-3-7-39(36)52-41(37)40(31)42(43(38)60)57-56-34-11-9-33(10-12-34)51-47-54-45(48-18-4-20-58-22-26-63-27-23-58)53-46(55-47)49-19-5-21-59-24-28-64-29-25-59/h2-3,6-17,30,52,60H,4-5,18-29H2,1H3,(H,50,61)(H3,48,49,51,53,54,55). The van der Waals surface area contributed by atoms with Crippen LogP contribution in [0.15, 0.2) is 101 Å². The van der Waals surface area contributed by atoms with Crippen LogP contribution >= 0.6 is 0 Å². The second kappa shape index (κ2) is 20.1. The van der Waals surface area contributed by atoms with Crippen molar-refractivity contribution in [1.29, 1.82) is 0 Å². The number of ether oxygens (including phenoxy) is 3. The molecule has 0 atom stereocenters. The zero-order valence-corrected chi connectivity index (χ0v) is 35.8. The number of morpholine rings is 2. The van der Waals surface area contributed by atoms with Crippen molar-refractivity contribution in [1.82, 2.24) is 29.7 Å². The van der Waals surface area contributed by atoms with Crippen LogP contribution in [0.1, 0.15) is 23.2 Å². The number of phenolic OH excluding ortho intramolecular Hbond substituents is 1. The minimum Gasteiger partial charge on any atom is -0.505 e. The maximum Gasteiger partial charge on any atom is 0.259 e. The fourth-order valence-corrected chi connectivity index (χ4v) is 8.02. The van der Waals surface area contributed by atoms with Gasteiger partial charge in [-0.25, -0.2) is 0 Å². The van der Waals surface area contributed by atoms with Crippen LogP contribution in [-0.4, -0.2) is 127 Å². The second-order valence-corrected chi connectivity index (χ2v) is 15.7. The first kappa shape index (κ1) is 42.4. The van der Waals surface area contributed by atoms with Crippen LogP contribution in [0, 0.1) is 0 Å². The van der Waals surface area contributed by atoms with E-state index < -0.39 is 5.91 Å². The van der Waals surface area contributed by atoms with Gasteiger partial charge in [-0.1, -0.05) is 30.3 Å². The summed E-state index contributed by atoms with van der Waals surface area (Å²) in [6, 6.07) is 27.9. The zero-order valence-electron chi connectivity index (χ0n) is 35.8. The second-order valence-electron chi connectivity index (χ2n) is 15.7. The Morgan fingerprint density at radius 1 is 0.750 bits per heavy atom. The number of carbonyl (C=O) groups excluding carboxylic acids is 1. The van der Waals surface area contributed by atoms with E-state index in [4.69, 9.17) is 24.2 Å². The molecule has 17 heteroatoms. The Morgan fingerprint density at radius 2 is 1.38 bits per heavy atom. The van der Waals surface area contributed by atoms with Gasteiger partial charge in [0.05, 0.1) is 50.3 Å². The Balaban J connectivity index is 0.949. The van der Waals surface area contributed by atoms with Gasteiger partial charge in [0.25, 0.3) is 5.91 Å². The number of aromatic amines is 1. The summed E-state index contributed by atoms with van der Waals surface area (Å²) in [5, 5.41) is 37.4. The van der Waals surface area contributed by atoms with E-state index >= 15 is 0 Å². The third-order valence-corrected chi connectivity index (χ3v) is 11.4. The molecule has 64 heavy (non-hydrogen) atoms. The van der Waals surface area contributed by atoms with E-state index in [2.05, 4.69) is 51.3 Å². The van der Waals surface area contributed by atoms with Crippen LogP contribution in [0.5, 0.6) is 11.5 Å². The fraction of sp³-hybridized carbons (Fsp3) is 0.319. The molecule has 6 N–H and O–H groups in total. The molecule has 2 saturated heterocycles. The molecule has 9 rings (SSSR count). The molecule has 5 aromatic carbocycles. The SMILES string of the molecule is COc1ccc(NC(=O)c2cc3ccc4c5ccccc5[nH]c4c3c(N=Nc3ccc(Nc4nc(NCCCN5CCOCC5)nc(NCCCN5CCOCC5)n4)cc3)c2O)cc1.